The standard InChI is InChI=1S/C31H30N4O4S/c1-3-21(2)23-11-15-26(16-12-23)38-18-17-37-25-13-9-22(10-14-25)19-27-29(32)35-31(33-30(27)36)40-28(34-35)20-39-24-7-5-4-6-8-24/h4-16,19,21,32H,3,17-18,20H2,1-2H3/b27-19-,32-29?. The van der Waals surface area contributed by atoms with Crippen molar-refractivity contribution in [3.8, 4) is 17.2 Å². The maximum atomic E-state index is 12.7. The van der Waals surface area contributed by atoms with Gasteiger partial charge in [-0.15, -0.1) is 0 Å². The molecule has 9 heteroatoms. The third kappa shape index (κ3) is 6.60. The molecule has 1 unspecified atom stereocenters. The minimum Gasteiger partial charge on any atom is -0.490 e. The second-order valence-electron chi connectivity index (χ2n) is 9.26. The number of carbonyl (C=O) groups is 1. The van der Waals surface area contributed by atoms with Gasteiger partial charge in [-0.05, 0) is 77.7 Å². The van der Waals surface area contributed by atoms with E-state index in [1.165, 1.54) is 22.3 Å². The van der Waals surface area contributed by atoms with Gasteiger partial charge in [0.05, 0.1) is 5.57 Å². The average molecular weight is 555 g/mol. The number of amidine groups is 2. The highest BCUT2D eigenvalue weighted by molar-refractivity contribution is 8.27. The molecule has 2 aliphatic rings. The Bertz CT molecular complexity index is 1450. The predicted octanol–water partition coefficient (Wildman–Crippen LogP) is 6.36. The average Bonchev–Trinajstić information content (AvgIpc) is 3.40. The fourth-order valence-corrected chi connectivity index (χ4v) is 4.82. The third-order valence-corrected chi connectivity index (χ3v) is 7.36. The quantitative estimate of drug-likeness (QED) is 0.219. The van der Waals surface area contributed by atoms with Crippen LogP contribution >= 0.6 is 11.8 Å². The summed E-state index contributed by atoms with van der Waals surface area (Å²) >= 11 is 1.23. The molecular weight excluding hydrogens is 524 g/mol. The first kappa shape index (κ1) is 27.2. The first-order chi connectivity index (χ1) is 19.5. The number of thioether (sulfide) groups is 1. The Labute approximate surface area is 237 Å². The van der Waals surface area contributed by atoms with E-state index in [1.807, 2.05) is 66.7 Å². The number of rotatable bonds is 11. The van der Waals surface area contributed by atoms with E-state index in [4.69, 9.17) is 19.6 Å². The molecule has 0 saturated heterocycles. The molecule has 5 rings (SSSR count). The molecule has 0 spiro atoms. The lowest BCUT2D eigenvalue weighted by atomic mass is 9.99. The van der Waals surface area contributed by atoms with Crippen LogP contribution in [0.3, 0.4) is 0 Å². The Morgan fingerprint density at radius 2 is 1.52 bits per heavy atom. The smallest absolute Gasteiger partial charge is 0.283 e. The minimum atomic E-state index is -0.473. The number of benzene rings is 3. The van der Waals surface area contributed by atoms with E-state index in [9.17, 15) is 4.79 Å². The fraction of sp³-hybridized carbons (Fsp3) is 0.226. The van der Waals surface area contributed by atoms with Crippen molar-refractivity contribution >= 4 is 39.8 Å². The monoisotopic (exact) mass is 554 g/mol. The molecule has 0 bridgehead atoms. The number of carbonyl (C=O) groups excluding carboxylic acids is 1. The number of amides is 1. The van der Waals surface area contributed by atoms with Crippen molar-refractivity contribution < 1.29 is 19.0 Å². The summed E-state index contributed by atoms with van der Waals surface area (Å²) in [5, 5.41) is 15.3. The van der Waals surface area contributed by atoms with Gasteiger partial charge in [-0.25, -0.2) is 0 Å². The van der Waals surface area contributed by atoms with Gasteiger partial charge >= 0.3 is 0 Å². The molecule has 1 atom stereocenters. The van der Waals surface area contributed by atoms with Crippen LogP contribution in [0.15, 0.2) is 94.5 Å². The predicted molar refractivity (Wildman–Crippen MR) is 160 cm³/mol. The Balaban J connectivity index is 1.13. The number of hydrogen-bond acceptors (Lipinski definition) is 7. The van der Waals surface area contributed by atoms with Gasteiger partial charge < -0.3 is 14.2 Å². The highest BCUT2D eigenvalue weighted by atomic mass is 32.2. The third-order valence-electron chi connectivity index (χ3n) is 6.48. The van der Waals surface area contributed by atoms with Crippen LogP contribution in [-0.4, -0.2) is 46.8 Å². The van der Waals surface area contributed by atoms with Gasteiger partial charge in [0, 0.05) is 0 Å². The van der Waals surface area contributed by atoms with E-state index >= 15 is 0 Å². The molecule has 0 radical (unpaired) electrons. The Morgan fingerprint density at radius 1 is 0.900 bits per heavy atom. The summed E-state index contributed by atoms with van der Waals surface area (Å²) in [5.74, 6) is 2.27. The molecule has 3 aromatic carbocycles. The number of nitrogens with one attached hydrogen (secondary N) is 1. The van der Waals surface area contributed by atoms with Crippen molar-refractivity contribution in [3.05, 3.63) is 95.6 Å². The topological polar surface area (TPSA) is 96.6 Å². The molecule has 204 valence electrons. The van der Waals surface area contributed by atoms with Crippen molar-refractivity contribution in [3.63, 3.8) is 0 Å². The number of hydrazone groups is 1. The van der Waals surface area contributed by atoms with Gasteiger partial charge in [0.15, 0.2) is 5.84 Å². The summed E-state index contributed by atoms with van der Waals surface area (Å²) in [4.78, 5) is 16.8. The SMILES string of the molecule is CCC(C)c1ccc(OCCOc2ccc(/C=C3/C(=N)N4N=C(COc5ccccc5)SC4=NC3=O)cc2)cc1. The molecule has 3 aromatic rings. The van der Waals surface area contributed by atoms with E-state index in [-0.39, 0.29) is 18.0 Å². The fourth-order valence-electron chi connectivity index (χ4n) is 4.03. The second kappa shape index (κ2) is 12.7. The zero-order chi connectivity index (χ0) is 27.9. The summed E-state index contributed by atoms with van der Waals surface area (Å²) in [6, 6.07) is 24.9. The number of nitrogens with zero attached hydrogens (tertiary/aromatic N) is 3. The Kier molecular flexibility index (Phi) is 8.61. The Morgan fingerprint density at radius 3 is 2.17 bits per heavy atom. The van der Waals surface area contributed by atoms with Crippen LogP contribution in [0.4, 0.5) is 0 Å². The van der Waals surface area contributed by atoms with E-state index in [0.717, 1.165) is 23.5 Å². The number of fused-ring (bicyclic) bond motifs is 1. The van der Waals surface area contributed by atoms with Gasteiger partial charge in [-0.3, -0.25) is 10.2 Å². The summed E-state index contributed by atoms with van der Waals surface area (Å²) in [6.45, 7) is 5.44. The number of hydrogen-bond donors (Lipinski definition) is 1. The lowest BCUT2D eigenvalue weighted by molar-refractivity contribution is -0.114. The van der Waals surface area contributed by atoms with Gasteiger partial charge in [-0.2, -0.15) is 15.1 Å². The molecule has 0 aliphatic carbocycles. The minimum absolute atomic E-state index is 0.0214. The molecule has 8 nitrogen and oxygen atoms in total. The second-order valence-corrected chi connectivity index (χ2v) is 10.3. The van der Waals surface area contributed by atoms with Crippen LogP contribution in [0.5, 0.6) is 17.2 Å². The molecule has 0 fully saturated rings. The summed E-state index contributed by atoms with van der Waals surface area (Å²) in [6.07, 6.45) is 2.75. The van der Waals surface area contributed by atoms with Crippen molar-refractivity contribution in [2.45, 2.75) is 26.2 Å². The molecule has 2 aliphatic heterocycles. The van der Waals surface area contributed by atoms with E-state index in [1.54, 1.807) is 6.08 Å². The van der Waals surface area contributed by atoms with Crippen molar-refractivity contribution in [2.75, 3.05) is 19.8 Å². The number of para-hydroxylation sites is 1. The maximum Gasteiger partial charge on any atom is 0.283 e. The van der Waals surface area contributed by atoms with E-state index < -0.39 is 5.91 Å². The summed E-state index contributed by atoms with van der Waals surface area (Å²) < 4.78 is 17.3. The summed E-state index contributed by atoms with van der Waals surface area (Å²) in [7, 11) is 0. The van der Waals surface area contributed by atoms with Gasteiger partial charge in [0.1, 0.15) is 42.1 Å². The molecular formula is C31H30N4O4S. The van der Waals surface area contributed by atoms with Crippen LogP contribution in [0.25, 0.3) is 6.08 Å². The van der Waals surface area contributed by atoms with Crippen LogP contribution in [0, 0.1) is 5.41 Å². The highest BCUT2D eigenvalue weighted by Crippen LogP contribution is 2.29. The Hall–Kier alpha value is -4.37. The van der Waals surface area contributed by atoms with Crippen molar-refractivity contribution in [1.29, 1.82) is 5.41 Å². The van der Waals surface area contributed by atoms with Crippen molar-refractivity contribution in [2.24, 2.45) is 10.1 Å². The molecule has 0 saturated carbocycles. The lowest BCUT2D eigenvalue weighted by Gasteiger charge is -2.20. The van der Waals surface area contributed by atoms with Crippen LogP contribution < -0.4 is 14.2 Å². The first-order valence-corrected chi connectivity index (χ1v) is 13.9. The van der Waals surface area contributed by atoms with Gasteiger partial charge in [0.2, 0.25) is 5.17 Å². The van der Waals surface area contributed by atoms with Crippen LogP contribution in [0.2, 0.25) is 0 Å². The highest BCUT2D eigenvalue weighted by Gasteiger charge is 2.35. The molecule has 1 amide bonds. The lowest BCUT2D eigenvalue weighted by Crippen LogP contribution is -2.35. The van der Waals surface area contributed by atoms with E-state index in [2.05, 4.69) is 36.1 Å². The van der Waals surface area contributed by atoms with Crippen LogP contribution in [-0.2, 0) is 4.79 Å². The van der Waals surface area contributed by atoms with Gasteiger partial charge in [0.25, 0.3) is 5.91 Å². The number of aliphatic imine (C=N–C) groups is 1. The molecule has 2 heterocycles. The largest absolute Gasteiger partial charge is 0.490 e. The number of ether oxygens (including phenoxy) is 3. The zero-order valence-electron chi connectivity index (χ0n) is 22.4. The van der Waals surface area contributed by atoms with Crippen molar-refractivity contribution in [1.82, 2.24) is 5.01 Å². The maximum absolute atomic E-state index is 12.7. The van der Waals surface area contributed by atoms with E-state index in [0.29, 0.717) is 35.1 Å². The van der Waals surface area contributed by atoms with Crippen LogP contribution in [0.1, 0.15) is 37.3 Å². The first-order valence-electron chi connectivity index (χ1n) is 13.1. The summed E-state index contributed by atoms with van der Waals surface area (Å²) in [5.41, 5.74) is 2.23. The van der Waals surface area contributed by atoms with Gasteiger partial charge in [-0.1, -0.05) is 56.3 Å². The molecule has 1 N–H and O–H groups in total. The normalized spacial score (nSPS) is 16.4. The molecule has 40 heavy (non-hydrogen) atoms. The molecule has 0 aromatic heterocycles. The zero-order valence-corrected chi connectivity index (χ0v) is 23.2.